The lowest BCUT2D eigenvalue weighted by Crippen LogP contribution is -2.27. The van der Waals surface area contributed by atoms with E-state index in [2.05, 4.69) is 4.98 Å². The lowest BCUT2D eigenvalue weighted by Gasteiger charge is -2.16. The molecule has 1 aromatic heterocycles. The molecule has 1 heterocycles. The zero-order chi connectivity index (χ0) is 8.32. The zero-order valence-electron chi connectivity index (χ0n) is 6.42. The molecule has 0 aliphatic rings. The molecular formula is C8H11FN2. The molecule has 0 aromatic carbocycles. The third-order valence-corrected chi connectivity index (χ3v) is 1.58. The summed E-state index contributed by atoms with van der Waals surface area (Å²) in [6.45, 7) is 1.39. The van der Waals surface area contributed by atoms with Gasteiger partial charge in [-0.2, -0.15) is 0 Å². The van der Waals surface area contributed by atoms with Crippen molar-refractivity contribution in [2.75, 3.05) is 6.54 Å². The van der Waals surface area contributed by atoms with Gasteiger partial charge < -0.3 is 5.73 Å². The molecule has 3 heteroatoms. The monoisotopic (exact) mass is 154 g/mol. The number of pyridine rings is 1. The van der Waals surface area contributed by atoms with Crippen molar-refractivity contribution >= 4 is 0 Å². The van der Waals surface area contributed by atoms with Crippen LogP contribution in [0.4, 0.5) is 4.39 Å². The lowest BCUT2D eigenvalue weighted by molar-refractivity contribution is 0.196. The highest BCUT2D eigenvalue weighted by Gasteiger charge is 2.24. The maximum absolute atomic E-state index is 13.4. The van der Waals surface area contributed by atoms with Crippen LogP contribution in [0.15, 0.2) is 24.4 Å². The Kier molecular flexibility index (Phi) is 2.19. The Morgan fingerprint density at radius 3 is 2.82 bits per heavy atom. The molecule has 0 aliphatic carbocycles. The summed E-state index contributed by atoms with van der Waals surface area (Å²) in [5.74, 6) is 0. The molecular weight excluding hydrogens is 143 g/mol. The van der Waals surface area contributed by atoms with Crippen LogP contribution in [0, 0.1) is 0 Å². The van der Waals surface area contributed by atoms with Crippen LogP contribution in [0.2, 0.25) is 0 Å². The van der Waals surface area contributed by atoms with Crippen molar-refractivity contribution in [2.45, 2.75) is 12.6 Å². The molecule has 1 aromatic rings. The molecule has 0 saturated carbocycles. The Balaban J connectivity index is 2.93. The highest BCUT2D eigenvalue weighted by atomic mass is 19.1. The molecule has 0 saturated heterocycles. The number of alkyl halides is 1. The van der Waals surface area contributed by atoms with E-state index in [1.807, 2.05) is 0 Å². The molecule has 1 atom stereocenters. The maximum atomic E-state index is 13.4. The minimum absolute atomic E-state index is 0.0377. The predicted molar refractivity (Wildman–Crippen MR) is 41.8 cm³/mol. The number of halogens is 1. The highest BCUT2D eigenvalue weighted by molar-refractivity contribution is 5.12. The summed E-state index contributed by atoms with van der Waals surface area (Å²) in [6.07, 6.45) is 1.56. The van der Waals surface area contributed by atoms with Crippen molar-refractivity contribution in [1.82, 2.24) is 4.98 Å². The minimum atomic E-state index is -1.50. The van der Waals surface area contributed by atoms with Crippen molar-refractivity contribution < 1.29 is 4.39 Å². The second kappa shape index (κ2) is 2.96. The summed E-state index contributed by atoms with van der Waals surface area (Å²) in [5, 5.41) is 0. The van der Waals surface area contributed by atoms with Crippen molar-refractivity contribution in [3.63, 3.8) is 0 Å². The van der Waals surface area contributed by atoms with Gasteiger partial charge in [-0.1, -0.05) is 6.07 Å². The fourth-order valence-corrected chi connectivity index (χ4v) is 0.776. The highest BCUT2D eigenvalue weighted by Crippen LogP contribution is 2.20. The van der Waals surface area contributed by atoms with Gasteiger partial charge in [0, 0.05) is 12.7 Å². The van der Waals surface area contributed by atoms with Crippen LogP contribution >= 0.6 is 0 Å². The normalized spacial score (nSPS) is 15.9. The lowest BCUT2D eigenvalue weighted by atomic mass is 10.0. The van der Waals surface area contributed by atoms with Gasteiger partial charge in [0.15, 0.2) is 5.67 Å². The van der Waals surface area contributed by atoms with Gasteiger partial charge in [-0.25, -0.2) is 4.39 Å². The number of nitrogens with two attached hydrogens (primary N) is 1. The first-order valence-corrected chi connectivity index (χ1v) is 3.47. The van der Waals surface area contributed by atoms with Crippen LogP contribution in [-0.4, -0.2) is 11.5 Å². The van der Waals surface area contributed by atoms with Crippen LogP contribution in [0.3, 0.4) is 0 Å². The molecule has 0 bridgehead atoms. The second-order valence-corrected chi connectivity index (χ2v) is 2.62. The largest absolute Gasteiger partial charge is 0.327 e. The van der Waals surface area contributed by atoms with Gasteiger partial charge >= 0.3 is 0 Å². The summed E-state index contributed by atoms with van der Waals surface area (Å²) >= 11 is 0. The average molecular weight is 154 g/mol. The van der Waals surface area contributed by atoms with Crippen LogP contribution in [0.5, 0.6) is 0 Å². The Bertz CT molecular complexity index is 221. The standard InChI is InChI=1S/C8H11FN2/c1-8(9,6-10)7-4-2-3-5-11-7/h2-5H,6,10H2,1H3. The Hall–Kier alpha value is -0.960. The van der Waals surface area contributed by atoms with E-state index in [1.165, 1.54) is 6.92 Å². The molecule has 1 rings (SSSR count). The fourth-order valence-electron chi connectivity index (χ4n) is 0.776. The molecule has 0 radical (unpaired) electrons. The van der Waals surface area contributed by atoms with Crippen molar-refractivity contribution in [3.8, 4) is 0 Å². The summed E-state index contributed by atoms with van der Waals surface area (Å²) in [4.78, 5) is 3.87. The molecule has 2 nitrogen and oxygen atoms in total. The van der Waals surface area contributed by atoms with Gasteiger partial charge in [0.25, 0.3) is 0 Å². The van der Waals surface area contributed by atoms with Gasteiger partial charge in [-0.3, -0.25) is 4.98 Å². The van der Waals surface area contributed by atoms with E-state index >= 15 is 0 Å². The fraction of sp³-hybridized carbons (Fsp3) is 0.375. The maximum Gasteiger partial charge on any atom is 0.162 e. The summed E-state index contributed by atoms with van der Waals surface area (Å²) in [6, 6.07) is 5.12. The smallest absolute Gasteiger partial charge is 0.162 e. The zero-order valence-corrected chi connectivity index (χ0v) is 6.42. The van der Waals surface area contributed by atoms with Crippen molar-refractivity contribution in [1.29, 1.82) is 0 Å². The summed E-state index contributed by atoms with van der Waals surface area (Å²) in [7, 11) is 0. The Morgan fingerprint density at radius 1 is 1.64 bits per heavy atom. The van der Waals surface area contributed by atoms with E-state index in [0.29, 0.717) is 5.69 Å². The predicted octanol–water partition coefficient (Wildman–Crippen LogP) is 1.23. The number of aromatic nitrogens is 1. The van der Waals surface area contributed by atoms with Crippen LogP contribution in [-0.2, 0) is 5.67 Å². The number of nitrogens with zero attached hydrogens (tertiary/aromatic N) is 1. The Labute approximate surface area is 65.3 Å². The minimum Gasteiger partial charge on any atom is -0.327 e. The van der Waals surface area contributed by atoms with E-state index in [-0.39, 0.29) is 6.54 Å². The van der Waals surface area contributed by atoms with Crippen molar-refractivity contribution in [3.05, 3.63) is 30.1 Å². The van der Waals surface area contributed by atoms with E-state index in [4.69, 9.17) is 5.73 Å². The Morgan fingerprint density at radius 2 is 2.36 bits per heavy atom. The first-order valence-electron chi connectivity index (χ1n) is 3.47. The first-order chi connectivity index (χ1) is 5.17. The average Bonchev–Trinajstić information content (AvgIpc) is 2.06. The molecule has 1 unspecified atom stereocenters. The third-order valence-electron chi connectivity index (χ3n) is 1.58. The summed E-state index contributed by atoms with van der Waals surface area (Å²) < 4.78 is 13.4. The van der Waals surface area contributed by atoms with E-state index in [9.17, 15) is 4.39 Å². The van der Waals surface area contributed by atoms with E-state index in [1.54, 1.807) is 24.4 Å². The number of hydrogen-bond donors (Lipinski definition) is 1. The topological polar surface area (TPSA) is 38.9 Å². The molecule has 0 amide bonds. The van der Waals surface area contributed by atoms with Gasteiger partial charge in [0.2, 0.25) is 0 Å². The van der Waals surface area contributed by atoms with Crippen LogP contribution < -0.4 is 5.73 Å². The molecule has 0 aliphatic heterocycles. The molecule has 0 spiro atoms. The van der Waals surface area contributed by atoms with Gasteiger partial charge in [-0.15, -0.1) is 0 Å². The first kappa shape index (κ1) is 8.14. The van der Waals surface area contributed by atoms with Gasteiger partial charge in [0.1, 0.15) is 0 Å². The van der Waals surface area contributed by atoms with Gasteiger partial charge in [0.05, 0.1) is 5.69 Å². The molecule has 60 valence electrons. The van der Waals surface area contributed by atoms with Crippen LogP contribution in [0.1, 0.15) is 12.6 Å². The summed E-state index contributed by atoms with van der Waals surface area (Å²) in [5.41, 5.74) is 4.12. The SMILES string of the molecule is CC(F)(CN)c1ccccn1. The van der Waals surface area contributed by atoms with E-state index < -0.39 is 5.67 Å². The second-order valence-electron chi connectivity index (χ2n) is 2.62. The number of hydrogen-bond acceptors (Lipinski definition) is 2. The molecule has 0 fully saturated rings. The van der Waals surface area contributed by atoms with Crippen molar-refractivity contribution in [2.24, 2.45) is 5.73 Å². The molecule has 11 heavy (non-hydrogen) atoms. The number of rotatable bonds is 2. The molecule has 2 N–H and O–H groups in total. The quantitative estimate of drug-likeness (QED) is 0.695. The third kappa shape index (κ3) is 1.74. The van der Waals surface area contributed by atoms with E-state index in [0.717, 1.165) is 0 Å². The van der Waals surface area contributed by atoms with Crippen LogP contribution in [0.25, 0.3) is 0 Å². The van der Waals surface area contributed by atoms with Gasteiger partial charge in [-0.05, 0) is 19.1 Å².